The molecule has 0 unspecified atom stereocenters. The molecule has 9 heteroatoms. The molecule has 0 fully saturated rings. The van der Waals surface area contributed by atoms with Crippen molar-refractivity contribution in [2.75, 3.05) is 10.6 Å². The van der Waals surface area contributed by atoms with Crippen LogP contribution in [-0.2, 0) is 11.2 Å². The van der Waals surface area contributed by atoms with Gasteiger partial charge in [-0.3, -0.25) is 9.59 Å². The van der Waals surface area contributed by atoms with Gasteiger partial charge in [-0.05, 0) is 18.1 Å². The van der Waals surface area contributed by atoms with Crippen LogP contribution < -0.4 is 10.6 Å². The Morgan fingerprint density at radius 2 is 1.89 bits per heavy atom. The first-order chi connectivity index (χ1) is 13.0. The van der Waals surface area contributed by atoms with Crippen LogP contribution in [0.25, 0.3) is 0 Å². The standard InChI is InChI=1S/C18H14Cl2N4O2S/c19-12-8-13(20)16(21-9-12)24-17(26)14-10-27-18(22-14)23-15(25)7-6-11-4-2-1-3-5-11/h1-5,8-10H,6-7H2,(H,21,24,26)(H,22,23,25). The molecule has 2 heterocycles. The second kappa shape index (κ2) is 8.94. The van der Waals surface area contributed by atoms with Crippen molar-refractivity contribution >= 4 is 57.3 Å². The molecule has 27 heavy (non-hydrogen) atoms. The summed E-state index contributed by atoms with van der Waals surface area (Å²) in [5.74, 6) is -0.456. The Hall–Kier alpha value is -2.48. The molecule has 1 aromatic carbocycles. The van der Waals surface area contributed by atoms with Crippen molar-refractivity contribution in [3.8, 4) is 0 Å². The quantitative estimate of drug-likeness (QED) is 0.606. The molecule has 0 aliphatic rings. The monoisotopic (exact) mass is 420 g/mol. The molecule has 0 saturated carbocycles. The average molecular weight is 421 g/mol. The molecule has 0 atom stereocenters. The van der Waals surface area contributed by atoms with E-state index in [4.69, 9.17) is 23.2 Å². The molecule has 138 valence electrons. The van der Waals surface area contributed by atoms with Gasteiger partial charge in [-0.2, -0.15) is 0 Å². The van der Waals surface area contributed by atoms with E-state index in [0.717, 1.165) is 5.56 Å². The summed E-state index contributed by atoms with van der Waals surface area (Å²) in [4.78, 5) is 32.4. The van der Waals surface area contributed by atoms with Crippen molar-refractivity contribution < 1.29 is 9.59 Å². The molecule has 0 aliphatic carbocycles. The largest absolute Gasteiger partial charge is 0.304 e. The van der Waals surface area contributed by atoms with Gasteiger partial charge >= 0.3 is 0 Å². The number of rotatable bonds is 6. The maximum atomic E-state index is 12.2. The van der Waals surface area contributed by atoms with Crippen molar-refractivity contribution in [2.24, 2.45) is 0 Å². The van der Waals surface area contributed by atoms with E-state index in [0.29, 0.717) is 23.0 Å². The highest BCUT2D eigenvalue weighted by molar-refractivity contribution is 7.14. The number of pyridine rings is 1. The van der Waals surface area contributed by atoms with Crippen molar-refractivity contribution in [1.82, 2.24) is 9.97 Å². The summed E-state index contributed by atoms with van der Waals surface area (Å²) in [6.07, 6.45) is 2.34. The first-order valence-electron chi connectivity index (χ1n) is 7.93. The molecular formula is C18H14Cl2N4O2S. The molecule has 0 aliphatic heterocycles. The van der Waals surface area contributed by atoms with Crippen LogP contribution in [0.2, 0.25) is 10.0 Å². The second-order valence-corrected chi connectivity index (χ2v) is 7.21. The van der Waals surface area contributed by atoms with Gasteiger partial charge in [0.25, 0.3) is 5.91 Å². The number of aryl methyl sites for hydroxylation is 1. The zero-order valence-electron chi connectivity index (χ0n) is 13.9. The first kappa shape index (κ1) is 19.3. The Balaban J connectivity index is 1.55. The molecule has 0 saturated heterocycles. The minimum absolute atomic E-state index is 0.158. The highest BCUT2D eigenvalue weighted by atomic mass is 35.5. The number of anilines is 2. The van der Waals surface area contributed by atoms with Gasteiger partial charge in [-0.1, -0.05) is 53.5 Å². The second-order valence-electron chi connectivity index (χ2n) is 5.51. The lowest BCUT2D eigenvalue weighted by atomic mass is 10.1. The molecule has 0 spiro atoms. The van der Waals surface area contributed by atoms with Crippen molar-refractivity contribution in [3.05, 3.63) is 69.3 Å². The van der Waals surface area contributed by atoms with Crippen LogP contribution in [0.5, 0.6) is 0 Å². The predicted molar refractivity (Wildman–Crippen MR) is 108 cm³/mol. The number of hydrogen-bond donors (Lipinski definition) is 2. The third-order valence-electron chi connectivity index (χ3n) is 3.51. The maximum Gasteiger partial charge on any atom is 0.276 e. The van der Waals surface area contributed by atoms with Crippen molar-refractivity contribution in [1.29, 1.82) is 0 Å². The third-order valence-corrected chi connectivity index (χ3v) is 4.76. The SMILES string of the molecule is O=C(CCc1ccccc1)Nc1nc(C(=O)Nc2ncc(Cl)cc2Cl)cs1. The van der Waals surface area contributed by atoms with Gasteiger partial charge in [0.2, 0.25) is 5.91 Å². The third kappa shape index (κ3) is 5.50. The number of halogens is 2. The summed E-state index contributed by atoms with van der Waals surface area (Å²) in [7, 11) is 0. The predicted octanol–water partition coefficient (Wildman–Crippen LogP) is 4.67. The van der Waals surface area contributed by atoms with Gasteiger partial charge in [0.1, 0.15) is 5.69 Å². The van der Waals surface area contributed by atoms with Gasteiger partial charge in [-0.25, -0.2) is 9.97 Å². The summed E-state index contributed by atoms with van der Waals surface area (Å²) in [6.45, 7) is 0. The van der Waals surface area contributed by atoms with E-state index in [1.54, 1.807) is 5.38 Å². The molecule has 2 N–H and O–H groups in total. The van der Waals surface area contributed by atoms with Gasteiger partial charge in [-0.15, -0.1) is 11.3 Å². The van der Waals surface area contributed by atoms with E-state index in [2.05, 4.69) is 20.6 Å². The number of nitrogens with zero attached hydrogens (tertiary/aromatic N) is 2. The Bertz CT molecular complexity index is 963. The Labute approximate surface area is 169 Å². The minimum atomic E-state index is -0.479. The van der Waals surface area contributed by atoms with Crippen LogP contribution in [0.4, 0.5) is 10.9 Å². The van der Waals surface area contributed by atoms with E-state index in [9.17, 15) is 9.59 Å². The van der Waals surface area contributed by atoms with Crippen LogP contribution in [-0.4, -0.2) is 21.8 Å². The number of benzene rings is 1. The fourth-order valence-corrected chi connectivity index (χ4v) is 3.33. The van der Waals surface area contributed by atoms with E-state index < -0.39 is 5.91 Å². The smallest absolute Gasteiger partial charge is 0.276 e. The zero-order valence-corrected chi connectivity index (χ0v) is 16.2. The lowest BCUT2D eigenvalue weighted by Crippen LogP contribution is -2.15. The zero-order chi connectivity index (χ0) is 19.2. The number of thiazole rings is 1. The minimum Gasteiger partial charge on any atom is -0.304 e. The molecule has 3 rings (SSSR count). The Kier molecular flexibility index (Phi) is 6.39. The van der Waals surface area contributed by atoms with Crippen LogP contribution in [0.3, 0.4) is 0 Å². The van der Waals surface area contributed by atoms with Gasteiger partial charge in [0.05, 0.1) is 10.0 Å². The summed E-state index contributed by atoms with van der Waals surface area (Å²) in [5.41, 5.74) is 1.24. The summed E-state index contributed by atoms with van der Waals surface area (Å²) >= 11 is 12.9. The number of carbonyl (C=O) groups excluding carboxylic acids is 2. The normalized spacial score (nSPS) is 10.4. The van der Waals surface area contributed by atoms with Crippen LogP contribution in [0, 0.1) is 0 Å². The van der Waals surface area contributed by atoms with Crippen LogP contribution in [0.15, 0.2) is 48.0 Å². The number of hydrogen-bond acceptors (Lipinski definition) is 5. The first-order valence-corrected chi connectivity index (χ1v) is 9.56. The highest BCUT2D eigenvalue weighted by Gasteiger charge is 2.15. The maximum absolute atomic E-state index is 12.2. The number of nitrogens with one attached hydrogen (secondary N) is 2. The lowest BCUT2D eigenvalue weighted by molar-refractivity contribution is -0.116. The highest BCUT2D eigenvalue weighted by Crippen LogP contribution is 2.23. The average Bonchev–Trinajstić information content (AvgIpc) is 3.12. The lowest BCUT2D eigenvalue weighted by Gasteiger charge is -2.04. The number of amides is 2. The Morgan fingerprint density at radius 1 is 1.11 bits per heavy atom. The summed E-state index contributed by atoms with van der Waals surface area (Å²) in [6, 6.07) is 11.2. The molecular weight excluding hydrogens is 407 g/mol. The fourth-order valence-electron chi connectivity index (χ4n) is 2.20. The van der Waals surface area contributed by atoms with Crippen molar-refractivity contribution in [2.45, 2.75) is 12.8 Å². The van der Waals surface area contributed by atoms with Gasteiger partial charge in [0, 0.05) is 18.0 Å². The summed E-state index contributed by atoms with van der Waals surface area (Å²) < 4.78 is 0. The fraction of sp³-hybridized carbons (Fsp3) is 0.111. The number of aromatic nitrogens is 2. The van der Waals surface area contributed by atoms with Crippen LogP contribution >= 0.6 is 34.5 Å². The molecule has 0 bridgehead atoms. The van der Waals surface area contributed by atoms with Gasteiger partial charge in [0.15, 0.2) is 10.9 Å². The topological polar surface area (TPSA) is 84.0 Å². The molecule has 6 nitrogen and oxygen atoms in total. The van der Waals surface area contributed by atoms with E-state index in [1.807, 2.05) is 30.3 Å². The van der Waals surface area contributed by atoms with Gasteiger partial charge < -0.3 is 10.6 Å². The number of carbonyl (C=O) groups is 2. The van der Waals surface area contributed by atoms with E-state index in [-0.39, 0.29) is 22.4 Å². The Morgan fingerprint density at radius 3 is 2.63 bits per heavy atom. The molecule has 0 radical (unpaired) electrons. The van der Waals surface area contributed by atoms with Crippen molar-refractivity contribution in [3.63, 3.8) is 0 Å². The molecule has 3 aromatic rings. The van der Waals surface area contributed by atoms with E-state index in [1.165, 1.54) is 23.6 Å². The molecule has 2 aromatic heterocycles. The summed E-state index contributed by atoms with van der Waals surface area (Å²) in [5, 5.41) is 7.75. The van der Waals surface area contributed by atoms with E-state index >= 15 is 0 Å². The molecule has 2 amide bonds. The van der Waals surface area contributed by atoms with Crippen LogP contribution in [0.1, 0.15) is 22.5 Å².